The number of sulfonamides is 1. The van der Waals surface area contributed by atoms with Gasteiger partial charge in [-0.1, -0.05) is 12.1 Å². The Balaban J connectivity index is 1.74. The van der Waals surface area contributed by atoms with Crippen molar-refractivity contribution in [2.45, 2.75) is 25.9 Å². The maximum Gasteiger partial charge on any atom is 0.274 e. The molecule has 0 spiro atoms. The summed E-state index contributed by atoms with van der Waals surface area (Å²) in [6, 6.07) is 6.77. The van der Waals surface area contributed by atoms with Crippen molar-refractivity contribution in [2.75, 3.05) is 23.1 Å². The molecule has 0 bridgehead atoms. The molecule has 2 aromatic rings. The van der Waals surface area contributed by atoms with Crippen LogP contribution in [0.5, 0.6) is 5.75 Å². The smallest absolute Gasteiger partial charge is 0.274 e. The van der Waals surface area contributed by atoms with Crippen molar-refractivity contribution in [1.82, 2.24) is 9.47 Å². The van der Waals surface area contributed by atoms with Crippen LogP contribution in [0.4, 0.5) is 10.2 Å². The first-order valence-electron chi connectivity index (χ1n) is 9.29. The zero-order valence-electron chi connectivity index (χ0n) is 15.5. The zero-order valence-corrected chi connectivity index (χ0v) is 16.4. The number of benzene rings is 1. The summed E-state index contributed by atoms with van der Waals surface area (Å²) < 4.78 is 40.7. The minimum Gasteiger partial charge on any atom is -0.503 e. The Kier molecular flexibility index (Phi) is 4.81. The van der Waals surface area contributed by atoms with Crippen LogP contribution in [0.2, 0.25) is 0 Å². The van der Waals surface area contributed by atoms with Crippen LogP contribution in [0, 0.1) is 5.82 Å². The van der Waals surface area contributed by atoms with Crippen molar-refractivity contribution >= 4 is 21.7 Å². The average molecular weight is 421 g/mol. The SMILES string of the molecule is O=C1c2c(O)c(=O)cc(N3CCCCS3(=O)=O)n2CCN1Cc1ccc(F)cc1. The number of pyridine rings is 1. The fourth-order valence-corrected chi connectivity index (χ4v) is 5.38. The summed E-state index contributed by atoms with van der Waals surface area (Å²) in [5.41, 5.74) is -0.324. The van der Waals surface area contributed by atoms with Crippen LogP contribution >= 0.6 is 0 Å². The lowest BCUT2D eigenvalue weighted by Crippen LogP contribution is -2.45. The van der Waals surface area contributed by atoms with Crippen LogP contribution in [0.25, 0.3) is 0 Å². The molecule has 1 saturated heterocycles. The minimum absolute atomic E-state index is 0.0258. The lowest BCUT2D eigenvalue weighted by molar-refractivity contribution is 0.0684. The van der Waals surface area contributed by atoms with Crippen molar-refractivity contribution in [3.63, 3.8) is 0 Å². The molecular formula is C19H20FN3O5S. The van der Waals surface area contributed by atoms with Gasteiger partial charge in [0, 0.05) is 32.2 Å². The van der Waals surface area contributed by atoms with Crippen molar-refractivity contribution in [3.8, 4) is 5.75 Å². The monoisotopic (exact) mass is 421 g/mol. The lowest BCUT2D eigenvalue weighted by Gasteiger charge is -2.35. The molecule has 2 aliphatic heterocycles. The van der Waals surface area contributed by atoms with Gasteiger partial charge >= 0.3 is 0 Å². The normalized spacial score (nSPS) is 18.6. The first-order valence-corrected chi connectivity index (χ1v) is 10.9. The summed E-state index contributed by atoms with van der Waals surface area (Å²) >= 11 is 0. The number of carbonyl (C=O) groups excluding carboxylic acids is 1. The fourth-order valence-electron chi connectivity index (χ4n) is 3.75. The van der Waals surface area contributed by atoms with E-state index in [9.17, 15) is 27.5 Å². The molecule has 2 aliphatic rings. The first kappa shape index (κ1) is 19.4. The predicted molar refractivity (Wildman–Crippen MR) is 104 cm³/mol. The third-order valence-corrected chi connectivity index (χ3v) is 7.08. The van der Waals surface area contributed by atoms with Crippen LogP contribution in [0.3, 0.4) is 0 Å². The van der Waals surface area contributed by atoms with Gasteiger partial charge in [-0.05, 0) is 30.5 Å². The number of aromatic nitrogens is 1. The van der Waals surface area contributed by atoms with Crippen LogP contribution < -0.4 is 9.73 Å². The molecule has 10 heteroatoms. The second-order valence-electron chi connectivity index (χ2n) is 7.16. The standard InChI is InChI=1S/C19H20FN3O5S/c20-14-5-3-13(4-6-14)12-21-8-9-22-16(23-7-1-2-10-29(23,27)28)11-15(24)18(25)17(22)19(21)26/h3-6,11,25H,1-2,7-10,12H2. The summed E-state index contributed by atoms with van der Waals surface area (Å²) in [5, 5.41) is 10.3. The van der Waals surface area contributed by atoms with Crippen molar-refractivity contribution < 1.29 is 22.7 Å². The molecule has 0 aliphatic carbocycles. The number of hydrogen-bond acceptors (Lipinski definition) is 5. The molecule has 0 saturated carbocycles. The Hall–Kier alpha value is -2.88. The van der Waals surface area contributed by atoms with Gasteiger partial charge in [-0.2, -0.15) is 0 Å². The molecule has 1 aromatic carbocycles. The number of nitrogens with zero attached hydrogens (tertiary/aromatic N) is 3. The van der Waals surface area contributed by atoms with Crippen LogP contribution in [-0.2, 0) is 23.1 Å². The summed E-state index contributed by atoms with van der Waals surface area (Å²) in [6.45, 7) is 0.877. The van der Waals surface area contributed by atoms with Crippen molar-refractivity contribution in [2.24, 2.45) is 0 Å². The molecule has 0 unspecified atom stereocenters. The maximum atomic E-state index is 13.1. The van der Waals surface area contributed by atoms with E-state index in [1.54, 1.807) is 12.1 Å². The van der Waals surface area contributed by atoms with Crippen molar-refractivity contribution in [1.29, 1.82) is 0 Å². The Labute approximate surface area is 166 Å². The molecule has 0 radical (unpaired) electrons. The topological polar surface area (TPSA) is 99.9 Å². The highest BCUT2D eigenvalue weighted by Crippen LogP contribution is 2.30. The van der Waals surface area contributed by atoms with E-state index in [-0.39, 0.29) is 49.3 Å². The molecule has 1 N–H and O–H groups in total. The molecule has 1 amide bonds. The van der Waals surface area contributed by atoms with E-state index in [1.165, 1.54) is 21.6 Å². The van der Waals surface area contributed by atoms with Crippen molar-refractivity contribution in [3.05, 3.63) is 57.6 Å². The number of carbonyl (C=O) groups is 1. The molecular weight excluding hydrogens is 401 g/mol. The summed E-state index contributed by atoms with van der Waals surface area (Å²) in [4.78, 5) is 26.8. The second-order valence-corrected chi connectivity index (χ2v) is 9.18. The van der Waals surface area contributed by atoms with Gasteiger partial charge in [-0.25, -0.2) is 12.8 Å². The third-order valence-electron chi connectivity index (χ3n) is 5.24. The Morgan fingerprint density at radius 3 is 2.45 bits per heavy atom. The van der Waals surface area contributed by atoms with Crippen LogP contribution in [-0.4, -0.2) is 47.7 Å². The van der Waals surface area contributed by atoms with E-state index in [1.807, 2.05) is 0 Å². The van der Waals surface area contributed by atoms with Crippen LogP contribution in [0.1, 0.15) is 28.9 Å². The highest BCUT2D eigenvalue weighted by atomic mass is 32.2. The first-order chi connectivity index (χ1) is 13.8. The van der Waals surface area contributed by atoms with E-state index < -0.39 is 27.1 Å². The number of anilines is 1. The average Bonchev–Trinajstić information content (AvgIpc) is 2.68. The summed E-state index contributed by atoms with van der Waals surface area (Å²) in [6.07, 6.45) is 1.19. The maximum absolute atomic E-state index is 13.1. The lowest BCUT2D eigenvalue weighted by atomic mass is 10.1. The van der Waals surface area contributed by atoms with Gasteiger partial charge < -0.3 is 14.6 Å². The predicted octanol–water partition coefficient (Wildman–Crippen LogP) is 1.28. The molecule has 8 nitrogen and oxygen atoms in total. The number of rotatable bonds is 3. The molecule has 4 rings (SSSR count). The quantitative estimate of drug-likeness (QED) is 0.805. The number of amides is 1. The Morgan fingerprint density at radius 1 is 1.03 bits per heavy atom. The fraction of sp³-hybridized carbons (Fsp3) is 0.368. The molecule has 29 heavy (non-hydrogen) atoms. The number of halogens is 1. The molecule has 1 fully saturated rings. The highest BCUT2D eigenvalue weighted by Gasteiger charge is 2.35. The second kappa shape index (κ2) is 7.18. The summed E-state index contributed by atoms with van der Waals surface area (Å²) in [7, 11) is -3.59. The zero-order chi connectivity index (χ0) is 20.8. The number of fused-ring (bicyclic) bond motifs is 1. The highest BCUT2D eigenvalue weighted by molar-refractivity contribution is 7.92. The van der Waals surface area contributed by atoms with E-state index in [0.29, 0.717) is 18.4 Å². The molecule has 1 aromatic heterocycles. The number of aromatic hydroxyl groups is 1. The van der Waals surface area contributed by atoms with Gasteiger partial charge in [0.2, 0.25) is 15.5 Å². The van der Waals surface area contributed by atoms with Crippen LogP contribution in [0.15, 0.2) is 35.1 Å². The van der Waals surface area contributed by atoms with Gasteiger partial charge in [0.15, 0.2) is 11.4 Å². The van der Waals surface area contributed by atoms with E-state index in [2.05, 4.69) is 0 Å². The van der Waals surface area contributed by atoms with Gasteiger partial charge in [0.25, 0.3) is 5.91 Å². The van der Waals surface area contributed by atoms with Gasteiger partial charge in [0.05, 0.1) is 5.75 Å². The largest absolute Gasteiger partial charge is 0.503 e. The van der Waals surface area contributed by atoms with Gasteiger partial charge in [-0.15, -0.1) is 0 Å². The Morgan fingerprint density at radius 2 is 1.76 bits per heavy atom. The van der Waals surface area contributed by atoms with Gasteiger partial charge in [0.1, 0.15) is 11.6 Å². The molecule has 3 heterocycles. The van der Waals surface area contributed by atoms with E-state index in [0.717, 1.165) is 10.4 Å². The van der Waals surface area contributed by atoms with E-state index >= 15 is 0 Å². The third kappa shape index (κ3) is 3.48. The summed E-state index contributed by atoms with van der Waals surface area (Å²) in [5.74, 6) is -1.58. The minimum atomic E-state index is -3.59. The molecule has 154 valence electrons. The van der Waals surface area contributed by atoms with E-state index in [4.69, 9.17) is 0 Å². The van der Waals surface area contributed by atoms with Gasteiger partial charge in [-0.3, -0.25) is 13.9 Å². The molecule has 0 atom stereocenters. The Bertz CT molecular complexity index is 1130. The number of hydrogen-bond donors (Lipinski definition) is 1.